The van der Waals surface area contributed by atoms with E-state index in [1.165, 1.54) is 7.05 Å². The highest BCUT2D eigenvalue weighted by Gasteiger charge is 2.18. The number of amides is 1. The van der Waals surface area contributed by atoms with Crippen LogP contribution in [0.3, 0.4) is 0 Å². The van der Waals surface area contributed by atoms with E-state index in [1.54, 1.807) is 6.07 Å². The second kappa shape index (κ2) is 8.45. The molecule has 0 aromatic heterocycles. The van der Waals surface area contributed by atoms with Gasteiger partial charge in [-0.05, 0) is 37.1 Å². The number of ether oxygens (including phenoxy) is 3. The monoisotopic (exact) mass is 365 g/mol. The standard InChI is InChI=1S/C22H23NO4/c1-4-25-19-14-20(26-5-2)21(27-22(24)23-3)17-12-11-16(13-18(17)19)15-9-7-6-8-10-15/h6-14H,4-5H2,1-3H3,(H,23,24). The van der Waals surface area contributed by atoms with Crippen LogP contribution in [0.1, 0.15) is 13.8 Å². The minimum absolute atomic E-state index is 0.384. The van der Waals surface area contributed by atoms with Gasteiger partial charge >= 0.3 is 6.09 Å². The van der Waals surface area contributed by atoms with Gasteiger partial charge in [0.25, 0.3) is 0 Å². The maximum absolute atomic E-state index is 11.9. The highest BCUT2D eigenvalue weighted by molar-refractivity contribution is 5.99. The smallest absolute Gasteiger partial charge is 0.412 e. The lowest BCUT2D eigenvalue weighted by molar-refractivity contribution is 0.200. The van der Waals surface area contributed by atoms with Crippen LogP contribution >= 0.6 is 0 Å². The van der Waals surface area contributed by atoms with Crippen LogP contribution in [0.15, 0.2) is 54.6 Å². The molecule has 140 valence electrons. The van der Waals surface area contributed by atoms with Gasteiger partial charge in [0.2, 0.25) is 0 Å². The fourth-order valence-corrected chi connectivity index (χ4v) is 2.94. The fraction of sp³-hybridized carbons (Fsp3) is 0.227. The first-order valence-corrected chi connectivity index (χ1v) is 8.99. The summed E-state index contributed by atoms with van der Waals surface area (Å²) in [5, 5.41) is 4.10. The summed E-state index contributed by atoms with van der Waals surface area (Å²) in [6, 6.07) is 17.9. The molecule has 0 saturated carbocycles. The van der Waals surface area contributed by atoms with Crippen molar-refractivity contribution in [2.45, 2.75) is 13.8 Å². The van der Waals surface area contributed by atoms with E-state index in [1.807, 2.05) is 50.2 Å². The molecule has 3 rings (SSSR count). The molecule has 1 amide bonds. The Kier molecular flexibility index (Phi) is 5.81. The van der Waals surface area contributed by atoms with Crippen molar-refractivity contribution in [1.29, 1.82) is 0 Å². The van der Waals surface area contributed by atoms with Crippen LogP contribution in [0.5, 0.6) is 17.2 Å². The molecule has 3 aromatic rings. The van der Waals surface area contributed by atoms with Crippen molar-refractivity contribution in [3.05, 3.63) is 54.6 Å². The summed E-state index contributed by atoms with van der Waals surface area (Å²) in [4.78, 5) is 11.9. The van der Waals surface area contributed by atoms with Crippen LogP contribution in [0.2, 0.25) is 0 Å². The Balaban J connectivity index is 2.23. The molecule has 0 bridgehead atoms. The van der Waals surface area contributed by atoms with Gasteiger partial charge in [0, 0.05) is 23.9 Å². The third-order valence-electron chi connectivity index (χ3n) is 4.12. The number of benzene rings is 3. The van der Waals surface area contributed by atoms with E-state index >= 15 is 0 Å². The maximum Gasteiger partial charge on any atom is 0.412 e. The lowest BCUT2D eigenvalue weighted by Crippen LogP contribution is -2.22. The number of nitrogens with one attached hydrogen (secondary N) is 1. The van der Waals surface area contributed by atoms with E-state index in [4.69, 9.17) is 14.2 Å². The average molecular weight is 365 g/mol. The van der Waals surface area contributed by atoms with Crippen LogP contribution < -0.4 is 19.5 Å². The van der Waals surface area contributed by atoms with E-state index in [2.05, 4.69) is 17.4 Å². The van der Waals surface area contributed by atoms with E-state index < -0.39 is 6.09 Å². The summed E-state index contributed by atoms with van der Waals surface area (Å²) < 4.78 is 17.1. The Bertz CT molecular complexity index is 938. The number of carbonyl (C=O) groups excluding carboxylic acids is 1. The topological polar surface area (TPSA) is 56.8 Å². The second-order valence-electron chi connectivity index (χ2n) is 5.83. The van der Waals surface area contributed by atoms with Crippen molar-refractivity contribution in [2.24, 2.45) is 0 Å². The van der Waals surface area contributed by atoms with Crippen LogP contribution in [-0.2, 0) is 0 Å². The SMILES string of the molecule is CCOc1cc(OCC)c2cc(-c3ccccc3)ccc2c1OC(=O)NC. The summed E-state index contributed by atoms with van der Waals surface area (Å²) in [7, 11) is 1.52. The highest BCUT2D eigenvalue weighted by Crippen LogP contribution is 2.43. The summed E-state index contributed by atoms with van der Waals surface area (Å²) in [6.45, 7) is 4.78. The molecule has 3 aromatic carbocycles. The molecule has 0 saturated heterocycles. The van der Waals surface area contributed by atoms with Crippen molar-refractivity contribution in [3.63, 3.8) is 0 Å². The van der Waals surface area contributed by atoms with Crippen LogP contribution in [0.25, 0.3) is 21.9 Å². The molecule has 0 aliphatic rings. The van der Waals surface area contributed by atoms with Crippen LogP contribution in [-0.4, -0.2) is 26.4 Å². The highest BCUT2D eigenvalue weighted by atomic mass is 16.6. The quantitative estimate of drug-likeness (QED) is 0.666. The summed E-state index contributed by atoms with van der Waals surface area (Å²) >= 11 is 0. The first-order valence-electron chi connectivity index (χ1n) is 8.99. The molecule has 0 heterocycles. The zero-order chi connectivity index (χ0) is 19.2. The van der Waals surface area contributed by atoms with E-state index in [0.717, 1.165) is 21.9 Å². The van der Waals surface area contributed by atoms with Gasteiger partial charge < -0.3 is 19.5 Å². The summed E-state index contributed by atoms with van der Waals surface area (Å²) in [5.41, 5.74) is 2.16. The van der Waals surface area contributed by atoms with Gasteiger partial charge in [-0.15, -0.1) is 0 Å². The molecule has 0 fully saturated rings. The first kappa shape index (κ1) is 18.6. The zero-order valence-corrected chi connectivity index (χ0v) is 15.7. The van der Waals surface area contributed by atoms with Gasteiger partial charge in [0.1, 0.15) is 5.75 Å². The lowest BCUT2D eigenvalue weighted by atomic mass is 10.00. The van der Waals surface area contributed by atoms with E-state index in [9.17, 15) is 4.79 Å². The molecule has 0 aliphatic carbocycles. The molecule has 27 heavy (non-hydrogen) atoms. The molecular formula is C22H23NO4. The molecule has 0 aliphatic heterocycles. The van der Waals surface area contributed by atoms with Crippen LogP contribution in [0, 0.1) is 0 Å². The maximum atomic E-state index is 11.9. The molecular weight excluding hydrogens is 342 g/mol. The van der Waals surface area contributed by atoms with Crippen molar-refractivity contribution in [2.75, 3.05) is 20.3 Å². The molecule has 0 atom stereocenters. The summed E-state index contributed by atoms with van der Waals surface area (Å²) in [5.74, 6) is 1.55. The predicted octanol–water partition coefficient (Wildman–Crippen LogP) is 5.02. The number of hydrogen-bond acceptors (Lipinski definition) is 4. The minimum Gasteiger partial charge on any atom is -0.493 e. The Labute approximate surface area is 158 Å². The molecule has 1 N–H and O–H groups in total. The van der Waals surface area contributed by atoms with Gasteiger partial charge in [0.05, 0.1) is 13.2 Å². The first-order chi connectivity index (χ1) is 13.2. The van der Waals surface area contributed by atoms with E-state index in [-0.39, 0.29) is 0 Å². The van der Waals surface area contributed by atoms with Crippen molar-refractivity contribution in [1.82, 2.24) is 5.32 Å². The van der Waals surface area contributed by atoms with Gasteiger partial charge in [0.15, 0.2) is 11.5 Å². The summed E-state index contributed by atoms with van der Waals surface area (Å²) in [6.07, 6.45) is -0.548. The molecule has 5 nitrogen and oxygen atoms in total. The Morgan fingerprint density at radius 3 is 2.22 bits per heavy atom. The third-order valence-corrected chi connectivity index (χ3v) is 4.12. The van der Waals surface area contributed by atoms with E-state index in [0.29, 0.717) is 30.5 Å². The largest absolute Gasteiger partial charge is 0.493 e. The number of carbonyl (C=O) groups is 1. The van der Waals surface area contributed by atoms with Gasteiger partial charge in [-0.2, -0.15) is 0 Å². The van der Waals surface area contributed by atoms with Crippen molar-refractivity contribution >= 4 is 16.9 Å². The van der Waals surface area contributed by atoms with Gasteiger partial charge in [-0.1, -0.05) is 36.4 Å². The van der Waals surface area contributed by atoms with Gasteiger partial charge in [-0.3, -0.25) is 0 Å². The zero-order valence-electron chi connectivity index (χ0n) is 15.7. The molecule has 0 radical (unpaired) electrons. The normalized spacial score (nSPS) is 10.5. The van der Waals surface area contributed by atoms with Crippen molar-refractivity contribution in [3.8, 4) is 28.4 Å². The third kappa shape index (κ3) is 3.97. The number of fused-ring (bicyclic) bond motifs is 1. The predicted molar refractivity (Wildman–Crippen MR) is 107 cm³/mol. The minimum atomic E-state index is -0.548. The molecule has 0 spiro atoms. The average Bonchev–Trinajstić information content (AvgIpc) is 2.71. The Morgan fingerprint density at radius 2 is 1.56 bits per heavy atom. The number of rotatable bonds is 6. The fourth-order valence-electron chi connectivity index (χ4n) is 2.94. The second-order valence-corrected chi connectivity index (χ2v) is 5.83. The van der Waals surface area contributed by atoms with Gasteiger partial charge in [-0.25, -0.2) is 4.79 Å². The number of hydrogen-bond donors (Lipinski definition) is 1. The Morgan fingerprint density at radius 1 is 0.852 bits per heavy atom. The molecule has 0 unspecified atom stereocenters. The lowest BCUT2D eigenvalue weighted by Gasteiger charge is -2.17. The molecule has 5 heteroatoms. The van der Waals surface area contributed by atoms with Crippen LogP contribution in [0.4, 0.5) is 4.79 Å². The Hall–Kier alpha value is -3.21. The van der Waals surface area contributed by atoms with Crippen molar-refractivity contribution < 1.29 is 19.0 Å².